The molecular formula is C15H15ClFN3O. The van der Waals surface area contributed by atoms with Crippen LogP contribution < -0.4 is 10.2 Å². The molecule has 0 saturated heterocycles. The van der Waals surface area contributed by atoms with E-state index in [0.717, 1.165) is 17.4 Å². The van der Waals surface area contributed by atoms with Crippen LogP contribution in [-0.4, -0.2) is 25.0 Å². The molecule has 1 heterocycles. The Kier molecular flexibility index (Phi) is 4.75. The van der Waals surface area contributed by atoms with E-state index in [1.54, 1.807) is 12.3 Å². The Hall–Kier alpha value is -2.14. The zero-order valence-corrected chi connectivity index (χ0v) is 12.5. The Balaban J connectivity index is 2.05. The van der Waals surface area contributed by atoms with Crippen molar-refractivity contribution in [2.75, 3.05) is 19.0 Å². The highest BCUT2D eigenvalue weighted by Crippen LogP contribution is 2.15. The molecule has 0 radical (unpaired) electrons. The van der Waals surface area contributed by atoms with E-state index in [9.17, 15) is 9.18 Å². The van der Waals surface area contributed by atoms with Gasteiger partial charge in [0.05, 0.1) is 5.56 Å². The number of hydrogen-bond donors (Lipinski definition) is 1. The number of anilines is 1. The molecule has 1 N–H and O–H groups in total. The van der Waals surface area contributed by atoms with Gasteiger partial charge in [-0.3, -0.25) is 4.79 Å². The first-order valence-corrected chi connectivity index (χ1v) is 6.70. The van der Waals surface area contributed by atoms with E-state index in [-0.39, 0.29) is 10.6 Å². The summed E-state index contributed by atoms with van der Waals surface area (Å²) in [4.78, 5) is 18.0. The maximum absolute atomic E-state index is 13.6. The summed E-state index contributed by atoms with van der Waals surface area (Å²) in [6.07, 6.45) is 1.67. The molecule has 0 unspecified atom stereocenters. The van der Waals surface area contributed by atoms with Crippen molar-refractivity contribution in [1.29, 1.82) is 0 Å². The molecule has 0 bridgehead atoms. The molecule has 1 amide bonds. The summed E-state index contributed by atoms with van der Waals surface area (Å²) < 4.78 is 13.6. The first kappa shape index (κ1) is 15.3. The van der Waals surface area contributed by atoms with Crippen LogP contribution in [-0.2, 0) is 6.54 Å². The Morgan fingerprint density at radius 2 is 2.10 bits per heavy atom. The van der Waals surface area contributed by atoms with Crippen LogP contribution in [0.2, 0.25) is 5.02 Å². The van der Waals surface area contributed by atoms with Crippen molar-refractivity contribution in [3.8, 4) is 0 Å². The molecule has 0 aliphatic heterocycles. The number of hydrogen-bond acceptors (Lipinski definition) is 3. The number of carbonyl (C=O) groups is 1. The first-order chi connectivity index (χ1) is 9.97. The fourth-order valence-electron chi connectivity index (χ4n) is 1.77. The van der Waals surface area contributed by atoms with Crippen molar-refractivity contribution >= 4 is 23.3 Å². The van der Waals surface area contributed by atoms with E-state index in [4.69, 9.17) is 11.6 Å². The smallest absolute Gasteiger partial charge is 0.254 e. The van der Waals surface area contributed by atoms with Crippen molar-refractivity contribution in [2.24, 2.45) is 0 Å². The number of amides is 1. The largest absolute Gasteiger partial charge is 0.363 e. The molecule has 21 heavy (non-hydrogen) atoms. The molecule has 2 aromatic rings. The quantitative estimate of drug-likeness (QED) is 0.944. The third-order valence-electron chi connectivity index (χ3n) is 2.90. The number of nitrogens with zero attached hydrogens (tertiary/aromatic N) is 2. The van der Waals surface area contributed by atoms with Crippen LogP contribution >= 0.6 is 11.6 Å². The van der Waals surface area contributed by atoms with Gasteiger partial charge in [-0.2, -0.15) is 0 Å². The molecule has 0 aliphatic carbocycles. The molecule has 0 saturated carbocycles. The summed E-state index contributed by atoms with van der Waals surface area (Å²) in [5.74, 6) is -0.324. The minimum atomic E-state index is -0.635. The molecule has 1 aromatic heterocycles. The average Bonchev–Trinajstić information content (AvgIpc) is 2.45. The Morgan fingerprint density at radius 3 is 2.76 bits per heavy atom. The van der Waals surface area contributed by atoms with E-state index in [0.29, 0.717) is 6.54 Å². The highest BCUT2D eigenvalue weighted by atomic mass is 35.5. The van der Waals surface area contributed by atoms with Gasteiger partial charge in [0.1, 0.15) is 11.6 Å². The number of aromatic nitrogens is 1. The van der Waals surface area contributed by atoms with Crippen molar-refractivity contribution in [2.45, 2.75) is 6.54 Å². The van der Waals surface area contributed by atoms with Crippen LogP contribution in [0, 0.1) is 5.82 Å². The van der Waals surface area contributed by atoms with Crippen molar-refractivity contribution in [1.82, 2.24) is 10.3 Å². The van der Waals surface area contributed by atoms with Crippen LogP contribution in [0.5, 0.6) is 0 Å². The highest BCUT2D eigenvalue weighted by molar-refractivity contribution is 6.30. The second-order valence-electron chi connectivity index (χ2n) is 4.72. The summed E-state index contributed by atoms with van der Waals surface area (Å²) in [5.41, 5.74) is 0.859. The van der Waals surface area contributed by atoms with Crippen LogP contribution in [0.4, 0.5) is 10.2 Å². The number of rotatable bonds is 4. The van der Waals surface area contributed by atoms with Crippen molar-refractivity contribution < 1.29 is 9.18 Å². The van der Waals surface area contributed by atoms with Crippen molar-refractivity contribution in [3.05, 3.63) is 58.5 Å². The second-order valence-corrected chi connectivity index (χ2v) is 5.16. The summed E-state index contributed by atoms with van der Waals surface area (Å²) >= 11 is 5.66. The van der Waals surface area contributed by atoms with E-state index in [1.165, 1.54) is 12.1 Å². The third-order valence-corrected chi connectivity index (χ3v) is 3.13. The van der Waals surface area contributed by atoms with E-state index in [2.05, 4.69) is 10.3 Å². The summed E-state index contributed by atoms with van der Waals surface area (Å²) in [7, 11) is 3.77. The van der Waals surface area contributed by atoms with Gasteiger partial charge in [-0.15, -0.1) is 0 Å². The molecule has 6 heteroatoms. The molecular weight excluding hydrogens is 293 g/mol. The highest BCUT2D eigenvalue weighted by Gasteiger charge is 2.11. The minimum Gasteiger partial charge on any atom is -0.363 e. The molecule has 1 aromatic carbocycles. The average molecular weight is 308 g/mol. The summed E-state index contributed by atoms with van der Waals surface area (Å²) in [6.45, 7) is 0.296. The minimum absolute atomic E-state index is 0.0266. The molecule has 0 fully saturated rings. The van der Waals surface area contributed by atoms with Gasteiger partial charge in [0, 0.05) is 31.9 Å². The number of pyridine rings is 1. The molecule has 0 aliphatic rings. The fourth-order valence-corrected chi connectivity index (χ4v) is 1.93. The van der Waals surface area contributed by atoms with Gasteiger partial charge in [-0.25, -0.2) is 9.37 Å². The maximum atomic E-state index is 13.6. The molecule has 0 spiro atoms. The lowest BCUT2D eigenvalue weighted by atomic mass is 10.2. The van der Waals surface area contributed by atoms with Gasteiger partial charge < -0.3 is 10.2 Å². The van der Waals surface area contributed by atoms with E-state index in [1.807, 2.05) is 25.1 Å². The Labute approximate surface area is 127 Å². The lowest BCUT2D eigenvalue weighted by Crippen LogP contribution is -2.24. The standard InChI is InChI=1S/C15H15ClFN3O/c1-20(2)14-7-10(5-6-18-14)9-19-15(21)12-4-3-11(16)8-13(12)17/h3-8H,9H2,1-2H3,(H,19,21). The lowest BCUT2D eigenvalue weighted by molar-refractivity contribution is 0.0947. The fraction of sp³-hybridized carbons (Fsp3) is 0.200. The molecule has 110 valence electrons. The lowest BCUT2D eigenvalue weighted by Gasteiger charge is -2.12. The monoisotopic (exact) mass is 307 g/mol. The normalized spacial score (nSPS) is 10.3. The zero-order chi connectivity index (χ0) is 15.4. The third kappa shape index (κ3) is 3.92. The summed E-state index contributed by atoms with van der Waals surface area (Å²) in [6, 6.07) is 7.62. The van der Waals surface area contributed by atoms with Gasteiger partial charge in [0.2, 0.25) is 0 Å². The van der Waals surface area contributed by atoms with Gasteiger partial charge in [0.15, 0.2) is 0 Å². The van der Waals surface area contributed by atoms with Gasteiger partial charge in [-0.1, -0.05) is 11.6 Å². The number of benzene rings is 1. The zero-order valence-electron chi connectivity index (χ0n) is 11.7. The predicted molar refractivity (Wildman–Crippen MR) is 81.1 cm³/mol. The van der Waals surface area contributed by atoms with Crippen LogP contribution in [0.1, 0.15) is 15.9 Å². The number of carbonyl (C=O) groups excluding carboxylic acids is 1. The topological polar surface area (TPSA) is 45.2 Å². The van der Waals surface area contributed by atoms with Crippen LogP contribution in [0.15, 0.2) is 36.5 Å². The van der Waals surface area contributed by atoms with E-state index >= 15 is 0 Å². The maximum Gasteiger partial charge on any atom is 0.254 e. The molecule has 2 rings (SSSR count). The molecule has 4 nitrogen and oxygen atoms in total. The van der Waals surface area contributed by atoms with E-state index < -0.39 is 11.7 Å². The Bertz CT molecular complexity index is 661. The van der Waals surface area contributed by atoms with Crippen molar-refractivity contribution in [3.63, 3.8) is 0 Å². The SMILES string of the molecule is CN(C)c1cc(CNC(=O)c2ccc(Cl)cc2F)ccn1. The van der Waals surface area contributed by atoms with Crippen LogP contribution in [0.3, 0.4) is 0 Å². The van der Waals surface area contributed by atoms with Gasteiger partial charge in [0.25, 0.3) is 5.91 Å². The van der Waals surface area contributed by atoms with Gasteiger partial charge >= 0.3 is 0 Å². The summed E-state index contributed by atoms with van der Waals surface area (Å²) in [5, 5.41) is 2.93. The molecule has 0 atom stereocenters. The predicted octanol–water partition coefficient (Wildman–Crippen LogP) is 2.87. The number of halogens is 2. The first-order valence-electron chi connectivity index (χ1n) is 6.33. The van der Waals surface area contributed by atoms with Gasteiger partial charge in [-0.05, 0) is 35.9 Å². The second kappa shape index (κ2) is 6.54. The Morgan fingerprint density at radius 1 is 1.33 bits per heavy atom. The van der Waals surface area contributed by atoms with Crippen LogP contribution in [0.25, 0.3) is 0 Å². The number of nitrogens with one attached hydrogen (secondary N) is 1.